The summed E-state index contributed by atoms with van der Waals surface area (Å²) in [5, 5.41) is 3.38. The molecule has 2 rings (SSSR count). The fourth-order valence-corrected chi connectivity index (χ4v) is 2.31. The van der Waals surface area contributed by atoms with Crippen LogP contribution in [0.4, 0.5) is 0 Å². The molecule has 7 heteroatoms. The van der Waals surface area contributed by atoms with Crippen molar-refractivity contribution >= 4 is 23.5 Å². The van der Waals surface area contributed by atoms with E-state index in [-0.39, 0.29) is 19.1 Å². The quantitative estimate of drug-likeness (QED) is 0.799. The molecule has 1 N–H and O–H groups in total. The molecule has 2 aromatic rings. The molecule has 0 saturated heterocycles. The average Bonchev–Trinajstić information content (AvgIpc) is 2.62. The standard InChI is InChI=1S/C18H19ClN2O4/c1-11-6-15(7-12(2)17(11)19)25-10-16(22)21-9-14-8-13(4-5-20-14)18(23)24-3/h4-8H,9-10H2,1-3H3,(H,21,22). The molecule has 1 aromatic carbocycles. The number of rotatable bonds is 6. The number of aryl methyl sites for hydroxylation is 2. The number of carbonyl (C=O) groups excluding carboxylic acids is 2. The molecule has 6 nitrogen and oxygen atoms in total. The molecule has 0 aliphatic rings. The van der Waals surface area contributed by atoms with Crippen LogP contribution >= 0.6 is 11.6 Å². The highest BCUT2D eigenvalue weighted by Crippen LogP contribution is 2.25. The van der Waals surface area contributed by atoms with E-state index in [0.717, 1.165) is 11.1 Å². The van der Waals surface area contributed by atoms with Crippen LogP contribution in [0.25, 0.3) is 0 Å². The van der Waals surface area contributed by atoms with Crippen molar-refractivity contribution in [3.63, 3.8) is 0 Å². The molecule has 0 unspecified atom stereocenters. The van der Waals surface area contributed by atoms with Gasteiger partial charge in [0.25, 0.3) is 5.91 Å². The molecule has 0 radical (unpaired) electrons. The lowest BCUT2D eigenvalue weighted by molar-refractivity contribution is -0.123. The van der Waals surface area contributed by atoms with E-state index in [1.807, 2.05) is 13.8 Å². The van der Waals surface area contributed by atoms with Gasteiger partial charge in [-0.1, -0.05) is 11.6 Å². The van der Waals surface area contributed by atoms with Gasteiger partial charge in [0.1, 0.15) is 5.75 Å². The number of nitrogens with one attached hydrogen (secondary N) is 1. The number of hydrogen-bond donors (Lipinski definition) is 1. The summed E-state index contributed by atoms with van der Waals surface area (Å²) in [6, 6.07) is 6.68. The molecule has 25 heavy (non-hydrogen) atoms. The third-order valence-electron chi connectivity index (χ3n) is 3.48. The topological polar surface area (TPSA) is 77.5 Å². The molecule has 1 heterocycles. The van der Waals surface area contributed by atoms with Gasteiger partial charge in [0.2, 0.25) is 0 Å². The minimum Gasteiger partial charge on any atom is -0.484 e. The first-order valence-electron chi connectivity index (χ1n) is 7.60. The highest BCUT2D eigenvalue weighted by molar-refractivity contribution is 6.32. The van der Waals surface area contributed by atoms with E-state index in [1.54, 1.807) is 24.3 Å². The molecule has 0 bridgehead atoms. The van der Waals surface area contributed by atoms with Gasteiger partial charge in [-0.25, -0.2) is 4.79 Å². The number of benzene rings is 1. The molecular weight excluding hydrogens is 344 g/mol. The maximum absolute atomic E-state index is 11.9. The van der Waals surface area contributed by atoms with Crippen LogP contribution in [0, 0.1) is 13.8 Å². The second-order valence-corrected chi connectivity index (χ2v) is 5.84. The van der Waals surface area contributed by atoms with Gasteiger partial charge in [0.05, 0.1) is 24.9 Å². The maximum atomic E-state index is 11.9. The predicted molar refractivity (Wildman–Crippen MR) is 93.8 cm³/mol. The van der Waals surface area contributed by atoms with Crippen molar-refractivity contribution in [2.45, 2.75) is 20.4 Å². The SMILES string of the molecule is COC(=O)c1ccnc(CNC(=O)COc2cc(C)c(Cl)c(C)c2)c1. The second kappa shape index (κ2) is 8.48. The van der Waals surface area contributed by atoms with E-state index in [1.165, 1.54) is 13.3 Å². The summed E-state index contributed by atoms with van der Waals surface area (Å²) in [7, 11) is 1.31. The Hall–Kier alpha value is -2.60. The highest BCUT2D eigenvalue weighted by Gasteiger charge is 2.09. The van der Waals surface area contributed by atoms with Crippen LogP contribution in [-0.2, 0) is 16.1 Å². The van der Waals surface area contributed by atoms with Crippen molar-refractivity contribution < 1.29 is 19.1 Å². The summed E-state index contributed by atoms with van der Waals surface area (Å²) in [6.45, 7) is 3.81. The fourth-order valence-electron chi connectivity index (χ4n) is 2.20. The van der Waals surface area contributed by atoms with Crippen LogP contribution in [0.5, 0.6) is 5.75 Å². The fraction of sp³-hybridized carbons (Fsp3) is 0.278. The first-order chi connectivity index (χ1) is 11.9. The minimum atomic E-state index is -0.452. The summed E-state index contributed by atoms with van der Waals surface area (Å²) in [6.07, 6.45) is 1.49. The van der Waals surface area contributed by atoms with E-state index < -0.39 is 5.97 Å². The Bertz CT molecular complexity index is 769. The van der Waals surface area contributed by atoms with E-state index >= 15 is 0 Å². The van der Waals surface area contributed by atoms with Crippen molar-refractivity contribution in [3.05, 3.63) is 57.9 Å². The van der Waals surface area contributed by atoms with Crippen LogP contribution < -0.4 is 10.1 Å². The molecule has 0 atom stereocenters. The predicted octanol–water partition coefficient (Wildman–Crippen LogP) is 2.83. The smallest absolute Gasteiger partial charge is 0.337 e. The van der Waals surface area contributed by atoms with Gasteiger partial charge < -0.3 is 14.8 Å². The molecule has 0 saturated carbocycles. The van der Waals surface area contributed by atoms with Crippen molar-refractivity contribution in [1.82, 2.24) is 10.3 Å². The van der Waals surface area contributed by atoms with Crippen molar-refractivity contribution in [2.24, 2.45) is 0 Å². The number of carbonyl (C=O) groups is 2. The van der Waals surface area contributed by atoms with Crippen LogP contribution in [0.2, 0.25) is 5.02 Å². The van der Waals surface area contributed by atoms with E-state index in [2.05, 4.69) is 15.0 Å². The Balaban J connectivity index is 1.88. The number of nitrogens with zero attached hydrogens (tertiary/aromatic N) is 1. The maximum Gasteiger partial charge on any atom is 0.337 e. The molecular formula is C18H19ClN2O4. The van der Waals surface area contributed by atoms with Gasteiger partial charge in [-0.05, 0) is 49.2 Å². The monoisotopic (exact) mass is 362 g/mol. The third kappa shape index (κ3) is 5.19. The zero-order chi connectivity index (χ0) is 18.4. The third-order valence-corrected chi connectivity index (χ3v) is 4.08. The van der Waals surface area contributed by atoms with Crippen molar-refractivity contribution in [1.29, 1.82) is 0 Å². The van der Waals surface area contributed by atoms with Crippen molar-refractivity contribution in [3.8, 4) is 5.75 Å². The first kappa shape index (κ1) is 18.7. The minimum absolute atomic E-state index is 0.128. The highest BCUT2D eigenvalue weighted by atomic mass is 35.5. The zero-order valence-electron chi connectivity index (χ0n) is 14.3. The molecule has 0 aliphatic heterocycles. The summed E-state index contributed by atoms with van der Waals surface area (Å²) in [4.78, 5) is 27.5. The van der Waals surface area contributed by atoms with Crippen LogP contribution in [0.3, 0.4) is 0 Å². The Kier molecular flexibility index (Phi) is 6.36. The van der Waals surface area contributed by atoms with Gasteiger partial charge in [-0.3, -0.25) is 9.78 Å². The van der Waals surface area contributed by atoms with E-state index in [4.69, 9.17) is 16.3 Å². The van der Waals surface area contributed by atoms with E-state index in [0.29, 0.717) is 22.0 Å². The number of hydrogen-bond acceptors (Lipinski definition) is 5. The van der Waals surface area contributed by atoms with Crippen LogP contribution in [-0.4, -0.2) is 30.6 Å². The number of amides is 1. The van der Waals surface area contributed by atoms with Gasteiger partial charge in [-0.2, -0.15) is 0 Å². The Labute approximate surface area is 151 Å². The Morgan fingerprint density at radius 1 is 1.20 bits per heavy atom. The lowest BCUT2D eigenvalue weighted by Gasteiger charge is -2.10. The van der Waals surface area contributed by atoms with Gasteiger partial charge >= 0.3 is 5.97 Å². The number of methoxy groups -OCH3 is 1. The molecule has 1 aromatic heterocycles. The zero-order valence-corrected chi connectivity index (χ0v) is 15.0. The number of pyridine rings is 1. The summed E-state index contributed by atoms with van der Waals surface area (Å²) < 4.78 is 10.1. The number of ether oxygens (including phenoxy) is 2. The molecule has 132 valence electrons. The second-order valence-electron chi connectivity index (χ2n) is 5.46. The summed E-state index contributed by atoms with van der Waals surface area (Å²) >= 11 is 6.10. The summed E-state index contributed by atoms with van der Waals surface area (Å²) in [5.41, 5.74) is 2.71. The van der Waals surface area contributed by atoms with Gasteiger partial charge in [-0.15, -0.1) is 0 Å². The average molecular weight is 363 g/mol. The van der Waals surface area contributed by atoms with Crippen molar-refractivity contribution in [2.75, 3.05) is 13.7 Å². The Morgan fingerprint density at radius 2 is 1.88 bits per heavy atom. The van der Waals surface area contributed by atoms with E-state index in [9.17, 15) is 9.59 Å². The molecule has 0 fully saturated rings. The lowest BCUT2D eigenvalue weighted by atomic mass is 10.1. The number of halogens is 1. The normalized spacial score (nSPS) is 10.2. The first-order valence-corrected chi connectivity index (χ1v) is 7.98. The molecule has 0 aliphatic carbocycles. The van der Waals surface area contributed by atoms with Crippen LogP contribution in [0.1, 0.15) is 27.2 Å². The Morgan fingerprint density at radius 3 is 2.52 bits per heavy atom. The van der Waals surface area contributed by atoms with Gasteiger partial charge in [0.15, 0.2) is 6.61 Å². The summed E-state index contributed by atoms with van der Waals surface area (Å²) in [5.74, 6) is -0.164. The number of esters is 1. The lowest BCUT2D eigenvalue weighted by Crippen LogP contribution is -2.28. The number of aromatic nitrogens is 1. The van der Waals surface area contributed by atoms with Gasteiger partial charge in [0, 0.05) is 11.2 Å². The molecule has 0 spiro atoms. The largest absolute Gasteiger partial charge is 0.484 e. The van der Waals surface area contributed by atoms with Crippen LogP contribution in [0.15, 0.2) is 30.5 Å². The molecule has 1 amide bonds.